The highest BCUT2D eigenvalue weighted by molar-refractivity contribution is 5.79. The van der Waals surface area contributed by atoms with Crippen LogP contribution in [-0.2, 0) is 9.59 Å². The van der Waals surface area contributed by atoms with Gasteiger partial charge < -0.3 is 16.2 Å². The minimum absolute atomic E-state index is 0.168. The summed E-state index contributed by atoms with van der Waals surface area (Å²) in [6.45, 7) is 8.61. The molecule has 0 radical (unpaired) electrons. The number of nitrogens with one attached hydrogen (secondary N) is 1. The van der Waals surface area contributed by atoms with Crippen LogP contribution < -0.4 is 11.1 Å². The van der Waals surface area contributed by atoms with Gasteiger partial charge in [-0.3, -0.25) is 9.59 Å². The third-order valence-electron chi connectivity index (χ3n) is 2.99. The first kappa shape index (κ1) is 15.9. The molecule has 1 amide bonds. The lowest BCUT2D eigenvalue weighted by atomic mass is 9.79. The third-order valence-corrected chi connectivity index (χ3v) is 2.99. The van der Waals surface area contributed by atoms with Crippen molar-refractivity contribution in [2.75, 3.05) is 0 Å². The van der Waals surface area contributed by atoms with E-state index in [-0.39, 0.29) is 18.2 Å². The number of hydrogen-bond acceptors (Lipinski definition) is 3. The number of carbonyl (C=O) groups is 2. The van der Waals surface area contributed by atoms with Crippen molar-refractivity contribution in [2.45, 2.75) is 53.1 Å². The van der Waals surface area contributed by atoms with Gasteiger partial charge in [0.05, 0.1) is 11.1 Å². The number of carbonyl (C=O) groups excluding carboxylic acids is 1. The van der Waals surface area contributed by atoms with Crippen LogP contribution in [0.5, 0.6) is 0 Å². The van der Waals surface area contributed by atoms with Crippen molar-refractivity contribution in [1.82, 2.24) is 5.32 Å². The molecule has 0 bridgehead atoms. The van der Waals surface area contributed by atoms with E-state index in [9.17, 15) is 14.7 Å². The van der Waals surface area contributed by atoms with Crippen molar-refractivity contribution in [2.24, 2.45) is 17.1 Å². The molecule has 0 saturated carbocycles. The molecule has 100 valence electrons. The van der Waals surface area contributed by atoms with E-state index in [0.29, 0.717) is 6.42 Å². The first-order valence-electron chi connectivity index (χ1n) is 5.88. The maximum atomic E-state index is 11.6. The van der Waals surface area contributed by atoms with Crippen LogP contribution in [0.2, 0.25) is 0 Å². The quantitative estimate of drug-likeness (QED) is 0.614. The van der Waals surface area contributed by atoms with E-state index in [1.54, 1.807) is 34.6 Å². The number of carboxylic acids is 1. The van der Waals surface area contributed by atoms with E-state index in [4.69, 9.17) is 5.73 Å². The summed E-state index contributed by atoms with van der Waals surface area (Å²) in [5, 5.41) is 11.8. The average molecular weight is 244 g/mol. The monoisotopic (exact) mass is 244 g/mol. The highest BCUT2D eigenvalue weighted by Gasteiger charge is 2.38. The Kier molecular flexibility index (Phi) is 5.13. The van der Waals surface area contributed by atoms with Gasteiger partial charge in [0.2, 0.25) is 5.91 Å². The van der Waals surface area contributed by atoms with Crippen molar-refractivity contribution in [3.63, 3.8) is 0 Å². The normalized spacial score (nSPS) is 18.3. The molecule has 0 aromatic rings. The van der Waals surface area contributed by atoms with Crippen LogP contribution in [0, 0.1) is 11.3 Å². The number of nitrogens with two attached hydrogens (primary N) is 1. The molecule has 2 atom stereocenters. The molecule has 0 aliphatic rings. The second kappa shape index (κ2) is 5.49. The van der Waals surface area contributed by atoms with Crippen molar-refractivity contribution in [3.8, 4) is 0 Å². The molecule has 0 rings (SSSR count). The maximum Gasteiger partial charge on any atom is 0.309 e. The Labute approximate surface area is 103 Å². The lowest BCUT2D eigenvalue weighted by Crippen LogP contribution is -2.57. The van der Waals surface area contributed by atoms with E-state index in [1.807, 2.05) is 0 Å². The van der Waals surface area contributed by atoms with Gasteiger partial charge in [0.1, 0.15) is 0 Å². The fraction of sp³-hybridized carbons (Fsp3) is 0.833. The van der Waals surface area contributed by atoms with E-state index >= 15 is 0 Å². The minimum atomic E-state index is -1.01. The number of hydrogen-bond donors (Lipinski definition) is 3. The van der Waals surface area contributed by atoms with Gasteiger partial charge in [0.15, 0.2) is 0 Å². The maximum absolute atomic E-state index is 11.6. The molecule has 5 nitrogen and oxygen atoms in total. The summed E-state index contributed by atoms with van der Waals surface area (Å²) in [6, 6.07) is 0. The molecule has 0 aliphatic heterocycles. The van der Waals surface area contributed by atoms with E-state index < -0.39 is 17.0 Å². The van der Waals surface area contributed by atoms with Gasteiger partial charge in [-0.2, -0.15) is 0 Å². The predicted molar refractivity (Wildman–Crippen MR) is 66.2 cm³/mol. The molecule has 0 fully saturated rings. The molecular formula is C12H24N2O3. The van der Waals surface area contributed by atoms with Crippen LogP contribution in [0.25, 0.3) is 0 Å². The Hall–Kier alpha value is -1.10. The highest BCUT2D eigenvalue weighted by Crippen LogP contribution is 2.30. The van der Waals surface area contributed by atoms with Gasteiger partial charge in [-0.15, -0.1) is 0 Å². The number of aliphatic carboxylic acids is 1. The van der Waals surface area contributed by atoms with E-state index in [0.717, 1.165) is 0 Å². The second-order valence-electron chi connectivity index (χ2n) is 5.46. The molecule has 0 heterocycles. The van der Waals surface area contributed by atoms with Gasteiger partial charge in [0, 0.05) is 5.92 Å². The van der Waals surface area contributed by atoms with Crippen LogP contribution >= 0.6 is 0 Å². The molecule has 0 aromatic carbocycles. The number of rotatable bonds is 6. The largest absolute Gasteiger partial charge is 0.481 e. The SMILES string of the molecule is CCC(C)(CC(C)(N)NC(=O)C(C)C)C(=O)O. The van der Waals surface area contributed by atoms with Crippen LogP contribution in [0.4, 0.5) is 0 Å². The summed E-state index contributed by atoms with van der Waals surface area (Å²) in [5.74, 6) is -1.23. The Balaban J connectivity index is 4.74. The zero-order valence-electron chi connectivity index (χ0n) is 11.3. The van der Waals surface area contributed by atoms with Gasteiger partial charge in [-0.25, -0.2) is 0 Å². The van der Waals surface area contributed by atoms with Gasteiger partial charge in [-0.05, 0) is 26.7 Å². The highest BCUT2D eigenvalue weighted by atomic mass is 16.4. The molecule has 0 spiro atoms. The van der Waals surface area contributed by atoms with Crippen molar-refractivity contribution < 1.29 is 14.7 Å². The summed E-state index contributed by atoms with van der Waals surface area (Å²) in [7, 11) is 0. The van der Waals surface area contributed by atoms with Gasteiger partial charge in [-0.1, -0.05) is 20.8 Å². The third kappa shape index (κ3) is 4.73. The summed E-state index contributed by atoms with van der Waals surface area (Å²) in [5.41, 5.74) is 4.03. The molecule has 17 heavy (non-hydrogen) atoms. The molecule has 4 N–H and O–H groups in total. The van der Waals surface area contributed by atoms with Crippen molar-refractivity contribution in [3.05, 3.63) is 0 Å². The first-order valence-corrected chi connectivity index (χ1v) is 5.88. The number of carboxylic acid groups (broad SMARTS) is 1. The Morgan fingerprint density at radius 3 is 2.12 bits per heavy atom. The standard InChI is InChI=1S/C12H24N2O3/c1-6-11(4,10(16)17)7-12(5,13)14-9(15)8(2)3/h8H,6-7,13H2,1-5H3,(H,14,15)(H,16,17). The average Bonchev–Trinajstić information content (AvgIpc) is 2.15. The molecule has 5 heteroatoms. The minimum Gasteiger partial charge on any atom is -0.481 e. The number of amides is 1. The van der Waals surface area contributed by atoms with Crippen molar-refractivity contribution in [1.29, 1.82) is 0 Å². The molecule has 2 unspecified atom stereocenters. The summed E-state index contributed by atoms with van der Waals surface area (Å²) in [4.78, 5) is 22.7. The van der Waals surface area contributed by atoms with Gasteiger partial charge in [0.25, 0.3) is 0 Å². The first-order chi connectivity index (χ1) is 7.54. The fourth-order valence-electron chi connectivity index (χ4n) is 1.63. The van der Waals surface area contributed by atoms with Crippen LogP contribution in [0.1, 0.15) is 47.5 Å². The summed E-state index contributed by atoms with van der Waals surface area (Å²) < 4.78 is 0. The second-order valence-corrected chi connectivity index (χ2v) is 5.46. The Morgan fingerprint density at radius 1 is 1.35 bits per heavy atom. The molecule has 0 aromatic heterocycles. The van der Waals surface area contributed by atoms with Crippen molar-refractivity contribution >= 4 is 11.9 Å². The topological polar surface area (TPSA) is 92.4 Å². The predicted octanol–water partition coefficient (Wildman–Crippen LogP) is 1.32. The zero-order valence-corrected chi connectivity index (χ0v) is 11.3. The molecule has 0 saturated heterocycles. The Bertz CT molecular complexity index is 300. The van der Waals surface area contributed by atoms with E-state index in [2.05, 4.69) is 5.32 Å². The van der Waals surface area contributed by atoms with Crippen LogP contribution in [-0.4, -0.2) is 22.6 Å². The molecular weight excluding hydrogens is 220 g/mol. The fourth-order valence-corrected chi connectivity index (χ4v) is 1.63. The van der Waals surface area contributed by atoms with E-state index in [1.165, 1.54) is 0 Å². The molecule has 0 aliphatic carbocycles. The smallest absolute Gasteiger partial charge is 0.309 e. The van der Waals surface area contributed by atoms with Crippen LogP contribution in [0.3, 0.4) is 0 Å². The summed E-state index contributed by atoms with van der Waals surface area (Å²) >= 11 is 0. The van der Waals surface area contributed by atoms with Crippen LogP contribution in [0.15, 0.2) is 0 Å². The Morgan fingerprint density at radius 2 is 1.82 bits per heavy atom. The zero-order chi connectivity index (χ0) is 13.9. The van der Waals surface area contributed by atoms with Gasteiger partial charge >= 0.3 is 5.97 Å². The lowest BCUT2D eigenvalue weighted by molar-refractivity contribution is -0.150. The lowest BCUT2D eigenvalue weighted by Gasteiger charge is -2.34. The summed E-state index contributed by atoms with van der Waals surface area (Å²) in [6.07, 6.45) is 0.664.